The van der Waals surface area contributed by atoms with Crippen LogP contribution in [0, 0.1) is 6.92 Å². The summed E-state index contributed by atoms with van der Waals surface area (Å²) in [6, 6.07) is 10.6. The lowest BCUT2D eigenvalue weighted by Gasteiger charge is -2.18. The fourth-order valence-electron chi connectivity index (χ4n) is 2.49. The Morgan fingerprint density at radius 1 is 1.00 bits per heavy atom. The number of carbonyl (C=O) groups excluding carboxylic acids is 2. The van der Waals surface area contributed by atoms with Crippen molar-refractivity contribution in [2.24, 2.45) is 0 Å². The lowest BCUT2D eigenvalue weighted by molar-refractivity contribution is -0.114. The highest BCUT2D eigenvalue weighted by atomic mass is 35.5. The largest absolute Gasteiger partial charge is 0.300 e. The van der Waals surface area contributed by atoms with Gasteiger partial charge in [0.2, 0.25) is 0 Å². The zero-order chi connectivity index (χ0) is 15.1. The summed E-state index contributed by atoms with van der Waals surface area (Å²) in [5.41, 5.74) is 2.65. The van der Waals surface area contributed by atoms with Crippen LogP contribution >= 0.6 is 23.2 Å². The molecule has 0 spiro atoms. The maximum atomic E-state index is 12.2. The number of benzene rings is 2. The van der Waals surface area contributed by atoms with Crippen LogP contribution in [0.3, 0.4) is 0 Å². The molecule has 106 valence electrons. The number of aryl methyl sites for hydroxylation is 1. The maximum absolute atomic E-state index is 12.2. The third-order valence-electron chi connectivity index (χ3n) is 3.52. The first-order valence-corrected chi connectivity index (χ1v) is 7.14. The first-order chi connectivity index (χ1) is 9.99. The molecule has 5 heteroatoms. The Balaban J connectivity index is 2.05. The van der Waals surface area contributed by atoms with Crippen molar-refractivity contribution >= 4 is 40.6 Å². The van der Waals surface area contributed by atoms with Gasteiger partial charge in [-0.05, 0) is 36.2 Å². The van der Waals surface area contributed by atoms with Gasteiger partial charge in [-0.15, -0.1) is 0 Å². The number of ketones is 1. The molecule has 0 unspecified atom stereocenters. The Hall–Kier alpha value is -1.84. The van der Waals surface area contributed by atoms with Crippen LogP contribution in [0.5, 0.6) is 0 Å². The van der Waals surface area contributed by atoms with Crippen LogP contribution in [0.1, 0.15) is 21.5 Å². The van der Waals surface area contributed by atoms with Gasteiger partial charge in [-0.3, -0.25) is 9.59 Å². The van der Waals surface area contributed by atoms with Gasteiger partial charge in [0.25, 0.3) is 11.7 Å². The molecular formula is C16H11Cl2NO2. The van der Waals surface area contributed by atoms with Crippen molar-refractivity contribution in [2.75, 3.05) is 4.90 Å². The Bertz CT molecular complexity index is 754. The topological polar surface area (TPSA) is 37.4 Å². The highest BCUT2D eigenvalue weighted by Gasteiger charge is 2.38. The molecule has 2 aromatic carbocycles. The Morgan fingerprint density at radius 3 is 2.33 bits per heavy atom. The third-order valence-corrected chi connectivity index (χ3v) is 4.09. The molecule has 0 aromatic heterocycles. The summed E-state index contributed by atoms with van der Waals surface area (Å²) in [5.74, 6) is -1.09. The zero-order valence-corrected chi connectivity index (χ0v) is 12.7. The second-order valence-corrected chi connectivity index (χ2v) is 5.78. The summed E-state index contributed by atoms with van der Waals surface area (Å²) in [6.45, 7) is 2.17. The van der Waals surface area contributed by atoms with Crippen LogP contribution in [-0.2, 0) is 11.3 Å². The molecule has 0 bridgehead atoms. The predicted molar refractivity (Wildman–Crippen MR) is 83.2 cm³/mol. The van der Waals surface area contributed by atoms with Gasteiger partial charge in [0, 0.05) is 5.02 Å². The van der Waals surface area contributed by atoms with Gasteiger partial charge in [0.1, 0.15) is 0 Å². The molecule has 1 amide bonds. The predicted octanol–water partition coefficient (Wildman–Crippen LogP) is 4.03. The molecule has 3 rings (SSSR count). The average Bonchev–Trinajstić information content (AvgIpc) is 2.71. The fourth-order valence-corrected chi connectivity index (χ4v) is 2.85. The van der Waals surface area contributed by atoms with E-state index in [9.17, 15) is 9.59 Å². The fraction of sp³-hybridized carbons (Fsp3) is 0.125. The van der Waals surface area contributed by atoms with Crippen molar-refractivity contribution in [3.05, 3.63) is 63.1 Å². The molecule has 0 saturated heterocycles. The van der Waals surface area contributed by atoms with E-state index in [-0.39, 0.29) is 0 Å². The van der Waals surface area contributed by atoms with E-state index in [4.69, 9.17) is 23.2 Å². The van der Waals surface area contributed by atoms with E-state index in [1.165, 1.54) is 4.90 Å². The SMILES string of the molecule is Cc1ccc(Cl)c2c1N(Cc1ccc(Cl)cc1)C(=O)C2=O. The van der Waals surface area contributed by atoms with E-state index < -0.39 is 11.7 Å². The number of amides is 1. The number of nitrogens with zero attached hydrogens (tertiary/aromatic N) is 1. The van der Waals surface area contributed by atoms with Crippen molar-refractivity contribution in [3.8, 4) is 0 Å². The minimum absolute atomic E-state index is 0.302. The molecule has 1 aliphatic heterocycles. The van der Waals surface area contributed by atoms with Crippen molar-refractivity contribution in [2.45, 2.75) is 13.5 Å². The molecule has 0 aliphatic carbocycles. The molecule has 0 N–H and O–H groups in total. The second kappa shape index (κ2) is 5.17. The highest BCUT2D eigenvalue weighted by molar-refractivity contribution is 6.55. The number of carbonyl (C=O) groups is 2. The summed E-state index contributed by atoms with van der Waals surface area (Å²) in [5, 5.41) is 0.940. The Labute approximate surface area is 132 Å². The van der Waals surface area contributed by atoms with E-state index in [1.54, 1.807) is 18.2 Å². The van der Waals surface area contributed by atoms with Gasteiger partial charge in [-0.25, -0.2) is 0 Å². The Morgan fingerprint density at radius 2 is 1.67 bits per heavy atom. The molecule has 2 aromatic rings. The van der Waals surface area contributed by atoms with Crippen LogP contribution in [0.4, 0.5) is 5.69 Å². The average molecular weight is 320 g/mol. The molecule has 0 fully saturated rings. The number of fused-ring (bicyclic) bond motifs is 1. The van der Waals surface area contributed by atoms with E-state index in [0.717, 1.165) is 11.1 Å². The van der Waals surface area contributed by atoms with Gasteiger partial charge >= 0.3 is 0 Å². The zero-order valence-electron chi connectivity index (χ0n) is 11.2. The lowest BCUT2D eigenvalue weighted by Crippen LogP contribution is -2.29. The van der Waals surface area contributed by atoms with Gasteiger partial charge in [-0.1, -0.05) is 41.4 Å². The Kier molecular flexibility index (Phi) is 3.47. The summed E-state index contributed by atoms with van der Waals surface area (Å²) in [4.78, 5) is 25.8. The standard InChI is InChI=1S/C16H11Cl2NO2/c1-9-2-7-12(18)13-14(9)19(16(21)15(13)20)8-10-3-5-11(17)6-4-10/h2-7H,8H2,1H3. The molecule has 0 saturated carbocycles. The summed E-state index contributed by atoms with van der Waals surface area (Å²) >= 11 is 11.9. The third kappa shape index (κ3) is 2.33. The minimum atomic E-state index is -0.548. The first-order valence-electron chi connectivity index (χ1n) is 6.39. The second-order valence-electron chi connectivity index (χ2n) is 4.93. The molecule has 0 atom stereocenters. The number of hydrogen-bond donors (Lipinski definition) is 0. The van der Waals surface area contributed by atoms with Gasteiger partial charge in [-0.2, -0.15) is 0 Å². The summed E-state index contributed by atoms with van der Waals surface area (Å²) < 4.78 is 0. The van der Waals surface area contributed by atoms with Crippen LogP contribution in [0.15, 0.2) is 36.4 Å². The van der Waals surface area contributed by atoms with Crippen molar-refractivity contribution in [1.29, 1.82) is 0 Å². The minimum Gasteiger partial charge on any atom is -0.300 e. The summed E-state index contributed by atoms with van der Waals surface area (Å²) in [7, 11) is 0. The smallest absolute Gasteiger partial charge is 0.299 e. The summed E-state index contributed by atoms with van der Waals surface area (Å²) in [6.07, 6.45) is 0. The maximum Gasteiger partial charge on any atom is 0.299 e. The quantitative estimate of drug-likeness (QED) is 0.784. The van der Waals surface area contributed by atoms with E-state index >= 15 is 0 Å². The first kappa shape index (κ1) is 14.1. The molecule has 1 aliphatic rings. The number of anilines is 1. The lowest BCUT2D eigenvalue weighted by atomic mass is 10.1. The molecule has 0 radical (unpaired) electrons. The number of hydrogen-bond acceptors (Lipinski definition) is 2. The highest BCUT2D eigenvalue weighted by Crippen LogP contribution is 2.37. The van der Waals surface area contributed by atoms with E-state index in [1.807, 2.05) is 25.1 Å². The molecule has 1 heterocycles. The van der Waals surface area contributed by atoms with E-state index in [0.29, 0.717) is 27.8 Å². The van der Waals surface area contributed by atoms with Gasteiger partial charge in [0.05, 0.1) is 22.8 Å². The van der Waals surface area contributed by atoms with Gasteiger partial charge < -0.3 is 4.90 Å². The van der Waals surface area contributed by atoms with Crippen molar-refractivity contribution < 1.29 is 9.59 Å². The van der Waals surface area contributed by atoms with Crippen molar-refractivity contribution in [1.82, 2.24) is 0 Å². The van der Waals surface area contributed by atoms with Crippen molar-refractivity contribution in [3.63, 3.8) is 0 Å². The number of rotatable bonds is 2. The normalized spacial score (nSPS) is 13.8. The van der Waals surface area contributed by atoms with Crippen LogP contribution < -0.4 is 4.90 Å². The number of Topliss-reactive ketones (excluding diaryl/α,β-unsaturated/α-hetero) is 1. The van der Waals surface area contributed by atoms with Crippen LogP contribution in [0.25, 0.3) is 0 Å². The molecule has 21 heavy (non-hydrogen) atoms. The van der Waals surface area contributed by atoms with Gasteiger partial charge in [0.15, 0.2) is 0 Å². The van der Waals surface area contributed by atoms with E-state index in [2.05, 4.69) is 0 Å². The molecule has 3 nitrogen and oxygen atoms in total. The molecular weight excluding hydrogens is 309 g/mol. The van der Waals surface area contributed by atoms with Crippen LogP contribution in [-0.4, -0.2) is 11.7 Å². The van der Waals surface area contributed by atoms with Crippen LogP contribution in [0.2, 0.25) is 10.0 Å². The monoisotopic (exact) mass is 319 g/mol. The number of halogens is 2.